The van der Waals surface area contributed by atoms with Crippen molar-refractivity contribution in [3.05, 3.63) is 103 Å². The van der Waals surface area contributed by atoms with Crippen LogP contribution in [0.4, 0.5) is 5.88 Å². The Morgan fingerprint density at radius 3 is 2.00 bits per heavy atom. The van der Waals surface area contributed by atoms with Gasteiger partial charge in [-0.15, -0.1) is 0 Å². The number of nitriles is 1. The molecule has 5 nitrogen and oxygen atoms in total. The predicted molar refractivity (Wildman–Crippen MR) is 128 cm³/mol. The van der Waals surface area contributed by atoms with E-state index in [9.17, 15) is 5.26 Å². The zero-order valence-electron chi connectivity index (χ0n) is 17.4. The fourth-order valence-corrected chi connectivity index (χ4v) is 4.16. The summed E-state index contributed by atoms with van der Waals surface area (Å²) in [5.41, 5.74) is 1.77. The molecule has 0 aliphatic carbocycles. The van der Waals surface area contributed by atoms with Crippen LogP contribution in [0.1, 0.15) is 11.1 Å². The van der Waals surface area contributed by atoms with Crippen LogP contribution in [0.25, 0.3) is 44.4 Å². The maximum atomic E-state index is 9.99. The van der Waals surface area contributed by atoms with Crippen LogP contribution >= 0.6 is 0 Å². The van der Waals surface area contributed by atoms with Gasteiger partial charge in [-0.3, -0.25) is 0 Å². The zero-order chi connectivity index (χ0) is 22.2. The lowest BCUT2D eigenvalue weighted by molar-refractivity contribution is 0.527. The molecule has 0 unspecified atom stereocenters. The fourth-order valence-electron chi connectivity index (χ4n) is 4.16. The van der Waals surface area contributed by atoms with E-state index in [1.54, 1.807) is 43.0 Å². The third-order valence-corrected chi connectivity index (χ3v) is 5.64. The molecule has 0 amide bonds. The number of benzene rings is 3. The predicted octanol–water partition coefficient (Wildman–Crippen LogP) is 7.73. The first kappa shape index (κ1) is 18.9. The van der Waals surface area contributed by atoms with Gasteiger partial charge in [0.2, 0.25) is 5.88 Å². The van der Waals surface area contributed by atoms with Gasteiger partial charge in [-0.2, -0.15) is 5.26 Å². The normalized spacial score (nSPS) is 11.5. The summed E-state index contributed by atoms with van der Waals surface area (Å²) in [5, 5.41) is 14.4. The van der Waals surface area contributed by atoms with Gasteiger partial charge in [0.25, 0.3) is 0 Å². The highest BCUT2D eigenvalue weighted by molar-refractivity contribution is 6.13. The number of aliphatic imine (C=N–C) groups is 1. The van der Waals surface area contributed by atoms with Crippen LogP contribution < -0.4 is 0 Å². The lowest BCUT2D eigenvalue weighted by Gasteiger charge is -2.07. The van der Waals surface area contributed by atoms with Crippen LogP contribution in [-0.4, -0.2) is 6.21 Å². The Morgan fingerprint density at radius 2 is 1.39 bits per heavy atom. The summed E-state index contributed by atoms with van der Waals surface area (Å²) >= 11 is 0. The zero-order valence-corrected chi connectivity index (χ0v) is 17.4. The minimum atomic E-state index is 0.201. The molecule has 5 heteroatoms. The molecule has 156 valence electrons. The van der Waals surface area contributed by atoms with Crippen molar-refractivity contribution in [2.24, 2.45) is 4.99 Å². The summed E-state index contributed by atoms with van der Waals surface area (Å²) in [4.78, 5) is 4.65. The van der Waals surface area contributed by atoms with Gasteiger partial charge in [0.1, 0.15) is 17.4 Å². The Morgan fingerprint density at radius 1 is 0.758 bits per heavy atom. The van der Waals surface area contributed by atoms with Crippen molar-refractivity contribution in [3.63, 3.8) is 0 Å². The number of furan rings is 3. The monoisotopic (exact) mass is 428 g/mol. The van der Waals surface area contributed by atoms with Crippen LogP contribution in [-0.2, 0) is 0 Å². The van der Waals surface area contributed by atoms with E-state index in [0.29, 0.717) is 22.8 Å². The molecular formula is C28H16N2O3. The summed E-state index contributed by atoms with van der Waals surface area (Å²) in [6.07, 6.45) is 4.88. The molecule has 0 fully saturated rings. The van der Waals surface area contributed by atoms with Crippen molar-refractivity contribution in [3.8, 4) is 28.9 Å². The Bertz CT molecular complexity index is 1610. The summed E-state index contributed by atoms with van der Waals surface area (Å²) in [6.45, 7) is 0. The topological polar surface area (TPSA) is 75.6 Å². The van der Waals surface area contributed by atoms with Gasteiger partial charge in [-0.25, -0.2) is 4.99 Å². The van der Waals surface area contributed by atoms with Crippen molar-refractivity contribution in [1.29, 1.82) is 5.26 Å². The average Bonchev–Trinajstić information content (AvgIpc) is 3.62. The van der Waals surface area contributed by atoms with Gasteiger partial charge >= 0.3 is 0 Å². The summed E-state index contributed by atoms with van der Waals surface area (Å²) in [6, 6.07) is 27.8. The summed E-state index contributed by atoms with van der Waals surface area (Å²) < 4.78 is 17.2. The number of hydrogen-bond acceptors (Lipinski definition) is 5. The van der Waals surface area contributed by atoms with E-state index in [2.05, 4.69) is 41.4 Å². The Kier molecular flexibility index (Phi) is 4.41. The first-order valence-corrected chi connectivity index (χ1v) is 10.4. The summed E-state index contributed by atoms with van der Waals surface area (Å²) in [7, 11) is 0. The van der Waals surface area contributed by atoms with E-state index in [0.717, 1.165) is 27.1 Å². The molecule has 6 aromatic rings. The number of fused-ring (bicyclic) bond motifs is 2. The molecule has 3 heterocycles. The highest BCUT2D eigenvalue weighted by Gasteiger charge is 2.26. The first-order valence-electron chi connectivity index (χ1n) is 10.4. The van der Waals surface area contributed by atoms with Gasteiger partial charge in [0.05, 0.1) is 18.1 Å². The molecule has 0 aliphatic rings. The van der Waals surface area contributed by atoms with Crippen LogP contribution in [0, 0.1) is 11.3 Å². The molecule has 0 aliphatic heterocycles. The number of hydrogen-bond donors (Lipinski definition) is 0. The second-order valence-corrected chi connectivity index (χ2v) is 7.54. The molecule has 3 aromatic carbocycles. The van der Waals surface area contributed by atoms with Crippen molar-refractivity contribution >= 4 is 33.6 Å². The number of rotatable bonds is 4. The Hall–Kier alpha value is -4.82. The standard InChI is InChI=1S/C28H16N2O3/c29-16-22-26(24-11-5-13-31-24)27(25-12-6-14-32-25)33-28(22)30-17-23-20-9-3-1-7-18(20)15-19-8-2-4-10-21(19)23/h1-15,17H. The second kappa shape index (κ2) is 7.70. The lowest BCUT2D eigenvalue weighted by Crippen LogP contribution is -1.88. The maximum Gasteiger partial charge on any atom is 0.238 e. The summed E-state index contributed by atoms with van der Waals surface area (Å²) in [5.74, 6) is 1.61. The molecule has 0 N–H and O–H groups in total. The van der Waals surface area contributed by atoms with E-state index in [1.807, 2.05) is 24.3 Å². The molecule has 0 saturated heterocycles. The number of nitrogens with zero attached hydrogens (tertiary/aromatic N) is 2. The second-order valence-electron chi connectivity index (χ2n) is 7.54. The molecule has 6 rings (SSSR count). The quantitative estimate of drug-likeness (QED) is 0.213. The maximum absolute atomic E-state index is 9.99. The molecule has 0 radical (unpaired) electrons. The molecule has 0 bridgehead atoms. The minimum Gasteiger partial charge on any atom is -0.464 e. The molecule has 0 spiro atoms. The van der Waals surface area contributed by atoms with Crippen LogP contribution in [0.2, 0.25) is 0 Å². The van der Waals surface area contributed by atoms with E-state index >= 15 is 0 Å². The van der Waals surface area contributed by atoms with Gasteiger partial charge in [0.15, 0.2) is 11.5 Å². The third-order valence-electron chi connectivity index (χ3n) is 5.64. The fraction of sp³-hybridized carbons (Fsp3) is 0. The molecular weight excluding hydrogens is 412 g/mol. The SMILES string of the molecule is N#Cc1c(N=Cc2c3ccccc3cc3ccccc23)oc(-c2ccco2)c1-c1ccco1. The van der Waals surface area contributed by atoms with E-state index < -0.39 is 0 Å². The van der Waals surface area contributed by atoms with Crippen LogP contribution in [0.15, 0.2) is 110 Å². The van der Waals surface area contributed by atoms with Crippen molar-refractivity contribution in [2.45, 2.75) is 0 Å². The molecule has 33 heavy (non-hydrogen) atoms. The smallest absolute Gasteiger partial charge is 0.238 e. The van der Waals surface area contributed by atoms with E-state index in [-0.39, 0.29) is 11.4 Å². The Balaban J connectivity index is 1.58. The molecule has 0 saturated carbocycles. The third kappa shape index (κ3) is 3.13. The van der Waals surface area contributed by atoms with Crippen molar-refractivity contribution in [1.82, 2.24) is 0 Å². The van der Waals surface area contributed by atoms with E-state index in [4.69, 9.17) is 13.3 Å². The van der Waals surface area contributed by atoms with Gasteiger partial charge in [-0.1, -0.05) is 48.5 Å². The van der Waals surface area contributed by atoms with Crippen LogP contribution in [0.5, 0.6) is 0 Å². The average molecular weight is 428 g/mol. The van der Waals surface area contributed by atoms with Crippen molar-refractivity contribution in [2.75, 3.05) is 0 Å². The van der Waals surface area contributed by atoms with Gasteiger partial charge in [-0.05, 0) is 51.9 Å². The highest BCUT2D eigenvalue weighted by Crippen LogP contribution is 2.43. The highest BCUT2D eigenvalue weighted by atomic mass is 16.4. The van der Waals surface area contributed by atoms with Gasteiger partial charge < -0.3 is 13.3 Å². The first-order chi connectivity index (χ1) is 16.3. The molecule has 0 atom stereocenters. The Labute approximate surface area is 188 Å². The lowest BCUT2D eigenvalue weighted by atomic mass is 9.97. The van der Waals surface area contributed by atoms with Crippen molar-refractivity contribution < 1.29 is 13.3 Å². The largest absolute Gasteiger partial charge is 0.464 e. The van der Waals surface area contributed by atoms with Crippen LogP contribution in [0.3, 0.4) is 0 Å². The van der Waals surface area contributed by atoms with Gasteiger partial charge in [0, 0.05) is 11.8 Å². The molecule has 3 aromatic heterocycles. The van der Waals surface area contributed by atoms with E-state index in [1.165, 1.54) is 0 Å². The minimum absolute atomic E-state index is 0.201.